The summed E-state index contributed by atoms with van der Waals surface area (Å²) in [7, 11) is 0. The average Bonchev–Trinajstić information content (AvgIpc) is 2.06. The van der Waals surface area contributed by atoms with Crippen molar-refractivity contribution in [2.24, 2.45) is 0 Å². The Labute approximate surface area is 83.7 Å². The molecule has 1 rings (SSSR count). The summed E-state index contributed by atoms with van der Waals surface area (Å²) in [5.74, 6) is -1.80. The molecule has 0 atom stereocenters. The minimum Gasteiger partial charge on any atom is -0.294 e. The number of ketones is 1. The van der Waals surface area contributed by atoms with Crippen molar-refractivity contribution >= 4 is 5.78 Å². The molecule has 0 aliphatic rings. The van der Waals surface area contributed by atoms with Crippen LogP contribution in [0.15, 0.2) is 18.2 Å². The molecule has 0 aliphatic carbocycles. The second-order valence-electron chi connectivity index (χ2n) is 3.18. The fraction of sp³-hybridized carbons (Fsp3) is 0.300. The molecular formula is C10H8F4O. The second-order valence-corrected chi connectivity index (χ2v) is 3.18. The Morgan fingerprint density at radius 2 is 1.93 bits per heavy atom. The van der Waals surface area contributed by atoms with Crippen LogP contribution in [-0.2, 0) is 0 Å². The molecule has 15 heavy (non-hydrogen) atoms. The smallest absolute Gasteiger partial charge is 0.294 e. The first kappa shape index (κ1) is 11.7. The molecule has 0 radical (unpaired) electrons. The molecule has 5 heteroatoms. The van der Waals surface area contributed by atoms with Gasteiger partial charge in [0, 0.05) is 5.56 Å². The molecule has 0 bridgehead atoms. The summed E-state index contributed by atoms with van der Waals surface area (Å²) in [5.41, 5.74) is 0.0361. The molecule has 0 heterocycles. The van der Waals surface area contributed by atoms with Gasteiger partial charge in [-0.15, -0.1) is 0 Å². The molecule has 0 fully saturated rings. The summed E-state index contributed by atoms with van der Waals surface area (Å²) in [6.45, 7) is 1.47. The van der Waals surface area contributed by atoms with Crippen LogP contribution in [0.4, 0.5) is 17.6 Å². The predicted octanol–water partition coefficient (Wildman–Crippen LogP) is 3.27. The normalized spacial score (nSPS) is 11.5. The Balaban J connectivity index is 2.88. The Kier molecular flexibility index (Phi) is 3.12. The molecule has 0 spiro atoms. The standard InChI is InChI=1S/C10H8F4O/c1-6-2-3-7(4-8(6)11)9(15)5-10(12,13)14/h2-4H,5H2,1H3. The van der Waals surface area contributed by atoms with E-state index in [0.717, 1.165) is 6.07 Å². The Morgan fingerprint density at radius 3 is 2.40 bits per heavy atom. The van der Waals surface area contributed by atoms with Crippen LogP contribution < -0.4 is 0 Å². The van der Waals surface area contributed by atoms with E-state index in [2.05, 4.69) is 0 Å². The van der Waals surface area contributed by atoms with Gasteiger partial charge in [0.25, 0.3) is 0 Å². The number of hydrogen-bond acceptors (Lipinski definition) is 1. The zero-order chi connectivity index (χ0) is 11.6. The molecular weight excluding hydrogens is 212 g/mol. The summed E-state index contributed by atoms with van der Waals surface area (Å²) in [4.78, 5) is 11.0. The van der Waals surface area contributed by atoms with Crippen LogP contribution in [-0.4, -0.2) is 12.0 Å². The van der Waals surface area contributed by atoms with Crippen molar-refractivity contribution in [3.8, 4) is 0 Å². The largest absolute Gasteiger partial charge is 0.396 e. The number of hydrogen-bond donors (Lipinski definition) is 0. The number of carbonyl (C=O) groups excluding carboxylic acids is 1. The number of Topliss-reactive ketones (excluding diaryl/α,β-unsaturated/α-hetero) is 1. The highest BCUT2D eigenvalue weighted by molar-refractivity contribution is 5.96. The maximum Gasteiger partial charge on any atom is 0.396 e. The summed E-state index contributed by atoms with van der Waals surface area (Å²) in [5, 5.41) is 0. The third-order valence-electron chi connectivity index (χ3n) is 1.85. The van der Waals surface area contributed by atoms with Crippen LogP contribution >= 0.6 is 0 Å². The molecule has 0 saturated carbocycles. The predicted molar refractivity (Wildman–Crippen MR) is 46.1 cm³/mol. The van der Waals surface area contributed by atoms with Crippen LogP contribution in [0.25, 0.3) is 0 Å². The minimum absolute atomic E-state index is 0.254. The average molecular weight is 220 g/mol. The lowest BCUT2D eigenvalue weighted by Gasteiger charge is -2.05. The van der Waals surface area contributed by atoms with E-state index in [0.29, 0.717) is 5.56 Å². The third-order valence-corrected chi connectivity index (χ3v) is 1.85. The molecule has 1 nitrogen and oxygen atoms in total. The van der Waals surface area contributed by atoms with E-state index in [9.17, 15) is 22.4 Å². The van der Waals surface area contributed by atoms with Gasteiger partial charge in [0.15, 0.2) is 5.78 Å². The lowest BCUT2D eigenvalue weighted by Crippen LogP contribution is -2.15. The molecule has 0 N–H and O–H groups in total. The van der Waals surface area contributed by atoms with E-state index in [1.54, 1.807) is 0 Å². The lowest BCUT2D eigenvalue weighted by molar-refractivity contribution is -0.125. The van der Waals surface area contributed by atoms with Crippen molar-refractivity contribution in [1.29, 1.82) is 0 Å². The molecule has 0 amide bonds. The van der Waals surface area contributed by atoms with E-state index in [-0.39, 0.29) is 5.56 Å². The maximum absolute atomic E-state index is 12.9. The number of rotatable bonds is 2. The second kappa shape index (κ2) is 4.00. The van der Waals surface area contributed by atoms with Crippen molar-refractivity contribution in [2.75, 3.05) is 0 Å². The van der Waals surface area contributed by atoms with Crippen molar-refractivity contribution in [3.63, 3.8) is 0 Å². The molecule has 1 aromatic rings. The molecule has 0 aromatic heterocycles. The Hall–Kier alpha value is -1.39. The molecule has 82 valence electrons. The summed E-state index contributed by atoms with van der Waals surface area (Å²) in [6.07, 6.45) is -6.12. The Morgan fingerprint density at radius 1 is 1.33 bits per heavy atom. The van der Waals surface area contributed by atoms with Crippen LogP contribution in [0.3, 0.4) is 0 Å². The fourth-order valence-corrected chi connectivity index (χ4v) is 1.05. The SMILES string of the molecule is Cc1ccc(C(=O)CC(F)(F)F)cc1F. The van der Waals surface area contributed by atoms with Gasteiger partial charge < -0.3 is 0 Å². The van der Waals surface area contributed by atoms with Gasteiger partial charge in [0.1, 0.15) is 12.2 Å². The van der Waals surface area contributed by atoms with Gasteiger partial charge in [-0.2, -0.15) is 13.2 Å². The molecule has 0 saturated heterocycles. The van der Waals surface area contributed by atoms with Gasteiger partial charge in [-0.05, 0) is 18.6 Å². The number of aryl methyl sites for hydroxylation is 1. The van der Waals surface area contributed by atoms with Crippen LogP contribution in [0.5, 0.6) is 0 Å². The highest BCUT2D eigenvalue weighted by Crippen LogP contribution is 2.22. The molecule has 0 unspecified atom stereocenters. The summed E-state index contributed by atoms with van der Waals surface area (Å²) >= 11 is 0. The minimum atomic E-state index is -4.56. The van der Waals surface area contributed by atoms with E-state index < -0.39 is 24.2 Å². The van der Waals surface area contributed by atoms with Gasteiger partial charge in [-0.25, -0.2) is 4.39 Å². The van der Waals surface area contributed by atoms with Gasteiger partial charge in [0.05, 0.1) is 0 Å². The van der Waals surface area contributed by atoms with Gasteiger partial charge in [-0.3, -0.25) is 4.79 Å². The van der Waals surface area contributed by atoms with Crippen LogP contribution in [0, 0.1) is 12.7 Å². The number of alkyl halides is 3. The first-order valence-electron chi connectivity index (χ1n) is 4.16. The van der Waals surface area contributed by atoms with Gasteiger partial charge >= 0.3 is 6.18 Å². The number of carbonyl (C=O) groups is 1. The fourth-order valence-electron chi connectivity index (χ4n) is 1.05. The first-order valence-corrected chi connectivity index (χ1v) is 4.16. The van der Waals surface area contributed by atoms with Gasteiger partial charge in [-0.1, -0.05) is 12.1 Å². The number of halogens is 4. The monoisotopic (exact) mass is 220 g/mol. The van der Waals surface area contributed by atoms with E-state index >= 15 is 0 Å². The van der Waals surface area contributed by atoms with Crippen molar-refractivity contribution in [1.82, 2.24) is 0 Å². The van der Waals surface area contributed by atoms with Crippen molar-refractivity contribution in [3.05, 3.63) is 35.1 Å². The highest BCUT2D eigenvalue weighted by Gasteiger charge is 2.31. The molecule has 0 aliphatic heterocycles. The van der Waals surface area contributed by atoms with Crippen molar-refractivity contribution < 1.29 is 22.4 Å². The zero-order valence-electron chi connectivity index (χ0n) is 7.86. The first-order chi connectivity index (χ1) is 6.79. The van der Waals surface area contributed by atoms with E-state index in [4.69, 9.17) is 0 Å². The molecule has 1 aromatic carbocycles. The van der Waals surface area contributed by atoms with Crippen LogP contribution in [0.1, 0.15) is 22.3 Å². The topological polar surface area (TPSA) is 17.1 Å². The van der Waals surface area contributed by atoms with E-state index in [1.165, 1.54) is 19.1 Å². The van der Waals surface area contributed by atoms with Crippen molar-refractivity contribution in [2.45, 2.75) is 19.5 Å². The third kappa shape index (κ3) is 3.34. The summed E-state index contributed by atoms with van der Waals surface area (Å²) in [6, 6.07) is 3.29. The van der Waals surface area contributed by atoms with Gasteiger partial charge in [0.2, 0.25) is 0 Å². The maximum atomic E-state index is 12.9. The van der Waals surface area contributed by atoms with Crippen LogP contribution in [0.2, 0.25) is 0 Å². The van der Waals surface area contributed by atoms with E-state index in [1.807, 2.05) is 0 Å². The lowest BCUT2D eigenvalue weighted by atomic mass is 10.1. The Bertz CT molecular complexity index is 381. The summed E-state index contributed by atoms with van der Waals surface area (Å²) < 4.78 is 48.5. The quantitative estimate of drug-likeness (QED) is 0.552. The number of benzene rings is 1. The zero-order valence-corrected chi connectivity index (χ0v) is 7.86. The highest BCUT2D eigenvalue weighted by atomic mass is 19.4.